The van der Waals surface area contributed by atoms with E-state index in [4.69, 9.17) is 0 Å². The van der Waals surface area contributed by atoms with Crippen LogP contribution in [0.15, 0.2) is 30.5 Å². The molecule has 2 amide bonds. The first-order valence-electron chi connectivity index (χ1n) is 8.76. The van der Waals surface area contributed by atoms with Crippen LogP contribution < -0.4 is 5.32 Å². The lowest BCUT2D eigenvalue weighted by Crippen LogP contribution is -2.25. The highest BCUT2D eigenvalue weighted by Gasteiger charge is 2.32. The second-order valence-electron chi connectivity index (χ2n) is 6.90. The molecular formula is C19H20N6O2. The molecule has 8 nitrogen and oxygen atoms in total. The fourth-order valence-corrected chi connectivity index (χ4v) is 3.12. The Morgan fingerprint density at radius 2 is 1.89 bits per heavy atom. The Hall–Kier alpha value is -3.29. The zero-order chi connectivity index (χ0) is 19.1. The molecule has 1 N–H and O–H groups in total. The molecule has 0 saturated carbocycles. The number of carbonyl (C=O) groups excluding carboxylic acids is 2. The van der Waals surface area contributed by atoms with Gasteiger partial charge in [0.2, 0.25) is 11.8 Å². The van der Waals surface area contributed by atoms with E-state index in [9.17, 15) is 9.59 Å². The largest absolute Gasteiger partial charge is 0.345 e. The molecule has 0 aliphatic carbocycles. The SMILES string of the molecule is Cc1nc2nc(-c3ccc(NC(=O)C4CC(=O)N(C)C4)cc3)cn2nc1C. The number of rotatable bonds is 3. The van der Waals surface area contributed by atoms with Crippen LogP contribution in [0.1, 0.15) is 17.8 Å². The van der Waals surface area contributed by atoms with Crippen LogP contribution in [0.3, 0.4) is 0 Å². The molecule has 1 aliphatic rings. The number of amides is 2. The number of aromatic nitrogens is 4. The number of fused-ring (bicyclic) bond motifs is 1. The van der Waals surface area contributed by atoms with Gasteiger partial charge in [0, 0.05) is 31.3 Å². The van der Waals surface area contributed by atoms with Gasteiger partial charge in [0.15, 0.2) is 0 Å². The number of hydrogen-bond donors (Lipinski definition) is 1. The van der Waals surface area contributed by atoms with Gasteiger partial charge in [-0.15, -0.1) is 0 Å². The molecule has 1 unspecified atom stereocenters. The molecule has 0 radical (unpaired) electrons. The van der Waals surface area contributed by atoms with Gasteiger partial charge >= 0.3 is 0 Å². The Bertz CT molecular complexity index is 1000. The van der Waals surface area contributed by atoms with Crippen molar-refractivity contribution in [2.75, 3.05) is 18.9 Å². The second-order valence-corrected chi connectivity index (χ2v) is 6.90. The normalized spacial score (nSPS) is 16.9. The molecule has 4 rings (SSSR count). The molecule has 1 aromatic carbocycles. The molecule has 8 heteroatoms. The van der Waals surface area contributed by atoms with Crippen LogP contribution >= 0.6 is 0 Å². The van der Waals surface area contributed by atoms with Gasteiger partial charge in [-0.2, -0.15) is 5.10 Å². The maximum atomic E-state index is 12.3. The number of nitrogens with zero attached hydrogens (tertiary/aromatic N) is 5. The average molecular weight is 364 g/mol. The van der Waals surface area contributed by atoms with Gasteiger partial charge in [0.1, 0.15) is 0 Å². The van der Waals surface area contributed by atoms with Crippen LogP contribution in [0.4, 0.5) is 5.69 Å². The van der Waals surface area contributed by atoms with E-state index in [2.05, 4.69) is 20.4 Å². The minimum absolute atomic E-state index is 0.00467. The fourth-order valence-electron chi connectivity index (χ4n) is 3.12. The predicted octanol–water partition coefficient (Wildman–Crippen LogP) is 1.82. The molecule has 0 spiro atoms. The first-order chi connectivity index (χ1) is 12.9. The van der Waals surface area contributed by atoms with E-state index in [1.54, 1.807) is 16.5 Å². The lowest BCUT2D eigenvalue weighted by molar-refractivity contribution is -0.127. The molecule has 138 valence electrons. The van der Waals surface area contributed by atoms with E-state index < -0.39 is 0 Å². The summed E-state index contributed by atoms with van der Waals surface area (Å²) in [4.78, 5) is 34.4. The van der Waals surface area contributed by atoms with Crippen molar-refractivity contribution in [3.05, 3.63) is 41.9 Å². The Kier molecular flexibility index (Phi) is 4.10. The minimum Gasteiger partial charge on any atom is -0.345 e. The fraction of sp³-hybridized carbons (Fsp3) is 0.316. The first-order valence-corrected chi connectivity index (χ1v) is 8.76. The number of nitrogens with one attached hydrogen (secondary N) is 1. The van der Waals surface area contributed by atoms with Crippen LogP contribution in [-0.4, -0.2) is 49.9 Å². The number of hydrogen-bond acceptors (Lipinski definition) is 5. The highest BCUT2D eigenvalue weighted by atomic mass is 16.2. The monoisotopic (exact) mass is 364 g/mol. The summed E-state index contributed by atoms with van der Waals surface area (Å²) >= 11 is 0. The van der Waals surface area contributed by atoms with Crippen LogP contribution in [0, 0.1) is 19.8 Å². The third kappa shape index (κ3) is 3.25. The van der Waals surface area contributed by atoms with E-state index in [-0.39, 0.29) is 24.2 Å². The van der Waals surface area contributed by atoms with Crippen molar-refractivity contribution < 1.29 is 9.59 Å². The van der Waals surface area contributed by atoms with Gasteiger partial charge in [-0.05, 0) is 26.0 Å². The summed E-state index contributed by atoms with van der Waals surface area (Å²) < 4.78 is 1.67. The molecule has 1 saturated heterocycles. The molecule has 27 heavy (non-hydrogen) atoms. The molecule has 3 heterocycles. The van der Waals surface area contributed by atoms with Gasteiger partial charge < -0.3 is 10.2 Å². The highest BCUT2D eigenvalue weighted by molar-refractivity contribution is 5.97. The van der Waals surface area contributed by atoms with E-state index in [0.717, 1.165) is 22.6 Å². The van der Waals surface area contributed by atoms with Crippen LogP contribution in [-0.2, 0) is 9.59 Å². The summed E-state index contributed by atoms with van der Waals surface area (Å²) in [6.45, 7) is 4.28. The Morgan fingerprint density at radius 1 is 1.15 bits per heavy atom. The third-order valence-corrected chi connectivity index (χ3v) is 4.88. The molecule has 0 bridgehead atoms. The molecule has 2 aromatic heterocycles. The average Bonchev–Trinajstić information content (AvgIpc) is 3.19. The molecule has 1 atom stereocenters. The third-order valence-electron chi connectivity index (χ3n) is 4.88. The summed E-state index contributed by atoms with van der Waals surface area (Å²) in [5, 5.41) is 7.31. The molecular weight excluding hydrogens is 344 g/mol. The Balaban J connectivity index is 1.50. The quantitative estimate of drug-likeness (QED) is 0.765. The number of likely N-dealkylation sites (tertiary alicyclic amines) is 1. The van der Waals surface area contributed by atoms with Crippen molar-refractivity contribution in [1.82, 2.24) is 24.5 Å². The van der Waals surface area contributed by atoms with Crippen LogP contribution in [0.5, 0.6) is 0 Å². The van der Waals surface area contributed by atoms with E-state index in [1.165, 1.54) is 0 Å². The molecule has 3 aromatic rings. The number of anilines is 1. The standard InChI is InChI=1S/C19H20N6O2/c1-11-12(2)23-25-10-16(22-19(25)20-11)13-4-6-15(7-5-13)21-18(27)14-8-17(26)24(3)9-14/h4-7,10,14H,8-9H2,1-3H3,(H,21,27). The maximum Gasteiger partial charge on any atom is 0.251 e. The van der Waals surface area contributed by atoms with Crippen molar-refractivity contribution in [2.24, 2.45) is 5.92 Å². The Labute approximate surface area is 156 Å². The minimum atomic E-state index is -0.302. The van der Waals surface area contributed by atoms with E-state index in [0.29, 0.717) is 18.0 Å². The zero-order valence-electron chi connectivity index (χ0n) is 15.4. The summed E-state index contributed by atoms with van der Waals surface area (Å²) in [5.41, 5.74) is 4.08. The van der Waals surface area contributed by atoms with Crippen molar-refractivity contribution in [3.63, 3.8) is 0 Å². The van der Waals surface area contributed by atoms with Gasteiger partial charge in [0.25, 0.3) is 5.78 Å². The number of imidazole rings is 1. The van der Waals surface area contributed by atoms with E-state index in [1.807, 2.05) is 44.3 Å². The zero-order valence-corrected chi connectivity index (χ0v) is 15.4. The lowest BCUT2D eigenvalue weighted by atomic mass is 10.1. The van der Waals surface area contributed by atoms with Crippen molar-refractivity contribution in [2.45, 2.75) is 20.3 Å². The molecule has 1 fully saturated rings. The number of benzene rings is 1. The van der Waals surface area contributed by atoms with Crippen molar-refractivity contribution in [3.8, 4) is 11.3 Å². The predicted molar refractivity (Wildman–Crippen MR) is 100 cm³/mol. The number of carbonyl (C=O) groups is 2. The van der Waals surface area contributed by atoms with Gasteiger partial charge in [-0.25, -0.2) is 14.5 Å². The first kappa shape index (κ1) is 17.1. The number of aryl methyl sites for hydroxylation is 2. The second kappa shape index (κ2) is 6.46. The van der Waals surface area contributed by atoms with Crippen molar-refractivity contribution in [1.29, 1.82) is 0 Å². The highest BCUT2D eigenvalue weighted by Crippen LogP contribution is 2.22. The van der Waals surface area contributed by atoms with Crippen molar-refractivity contribution >= 4 is 23.3 Å². The van der Waals surface area contributed by atoms with E-state index >= 15 is 0 Å². The molecule has 1 aliphatic heterocycles. The summed E-state index contributed by atoms with van der Waals surface area (Å²) in [7, 11) is 1.71. The maximum absolute atomic E-state index is 12.3. The summed E-state index contributed by atoms with van der Waals surface area (Å²) in [5.74, 6) is 0.127. The Morgan fingerprint density at radius 3 is 2.56 bits per heavy atom. The smallest absolute Gasteiger partial charge is 0.251 e. The lowest BCUT2D eigenvalue weighted by Gasteiger charge is -2.11. The van der Waals surface area contributed by atoms with Gasteiger partial charge in [0.05, 0.1) is 29.2 Å². The van der Waals surface area contributed by atoms with Crippen LogP contribution in [0.2, 0.25) is 0 Å². The van der Waals surface area contributed by atoms with Crippen LogP contribution in [0.25, 0.3) is 17.0 Å². The summed E-state index contributed by atoms with van der Waals surface area (Å²) in [6.07, 6.45) is 2.10. The van der Waals surface area contributed by atoms with Gasteiger partial charge in [-0.3, -0.25) is 9.59 Å². The van der Waals surface area contributed by atoms with Gasteiger partial charge in [-0.1, -0.05) is 12.1 Å². The summed E-state index contributed by atoms with van der Waals surface area (Å²) in [6, 6.07) is 7.44. The topological polar surface area (TPSA) is 92.5 Å².